The maximum atomic E-state index is 12.8. The van der Waals surface area contributed by atoms with Crippen LogP contribution in [0.15, 0.2) is 248 Å². The molecular weight excluding hydrogens is 1830 g/mol. The monoisotopic (exact) mass is 1940 g/mol. The second kappa shape index (κ2) is 41.2. The number of nitrogens with one attached hydrogen (secondary N) is 7. The number of hydrogen-bond acceptors (Lipinski definition) is 29. The van der Waals surface area contributed by atoms with Gasteiger partial charge in [-0.05, 0) is 250 Å². The molecular formula is C108H114N22O12S. The smallest absolute Gasteiger partial charge is 0.243 e. The third-order valence-electron chi connectivity index (χ3n) is 28.0. The molecule has 5 saturated heterocycles. The molecule has 143 heavy (non-hydrogen) atoms. The number of fused-ring (bicyclic) bond motifs is 5. The Morgan fingerprint density at radius 2 is 0.636 bits per heavy atom. The number of aromatic nitrogens is 16. The van der Waals surface area contributed by atoms with E-state index in [1.165, 1.54) is 9.10 Å². The van der Waals surface area contributed by atoms with Crippen LogP contribution in [0.25, 0.3) is 73.4 Å². The van der Waals surface area contributed by atoms with Gasteiger partial charge < -0.3 is 74.7 Å². The molecule has 9 N–H and O–H groups in total. The number of aryl methyl sites for hydroxylation is 2. The van der Waals surface area contributed by atoms with Crippen molar-refractivity contribution in [3.63, 3.8) is 0 Å². The van der Waals surface area contributed by atoms with Crippen molar-refractivity contribution in [3.8, 4) is 103 Å². The van der Waals surface area contributed by atoms with Gasteiger partial charge in [-0.1, -0.05) is 153 Å². The molecule has 10 aliphatic rings. The van der Waals surface area contributed by atoms with Crippen molar-refractivity contribution in [2.45, 2.75) is 111 Å². The summed E-state index contributed by atoms with van der Waals surface area (Å²) in [4.78, 5) is 1.74. The number of sulfonamides is 1. The fraction of sp³-hybridized carbons (Fsp3) is 0.315. The van der Waals surface area contributed by atoms with Gasteiger partial charge in [-0.15, -0.1) is 35.7 Å². The second-order valence-corrected chi connectivity index (χ2v) is 38.7. The molecule has 10 aromatic carbocycles. The van der Waals surface area contributed by atoms with E-state index in [-0.39, 0.29) is 38.8 Å². The molecule has 5 fully saturated rings. The number of tetrazole rings is 4. The van der Waals surface area contributed by atoms with Crippen molar-refractivity contribution in [1.29, 1.82) is 0 Å². The minimum absolute atomic E-state index is 0.155. The Kier molecular flexibility index (Phi) is 27.5. The average Bonchev–Trinajstić information content (AvgIpc) is 1.08. The topological polar surface area (TPSA) is 408 Å². The van der Waals surface area contributed by atoms with E-state index in [0.29, 0.717) is 41.9 Å². The molecule has 14 aromatic rings. The van der Waals surface area contributed by atoms with Crippen molar-refractivity contribution < 1.29 is 56.5 Å². The number of hydrogen-bond donors (Lipinski definition) is 9. The minimum atomic E-state index is -3.51. The van der Waals surface area contributed by atoms with E-state index in [9.17, 15) is 18.6 Å². The molecule has 5 spiro atoms. The van der Waals surface area contributed by atoms with Crippen molar-refractivity contribution in [2.24, 2.45) is 14.1 Å². The van der Waals surface area contributed by atoms with Gasteiger partial charge in [0.1, 0.15) is 85.5 Å². The van der Waals surface area contributed by atoms with Gasteiger partial charge in [-0.2, -0.15) is 19.5 Å². The number of rotatable bonds is 16. The maximum Gasteiger partial charge on any atom is 0.243 e. The summed E-state index contributed by atoms with van der Waals surface area (Å²) in [6.07, 6.45) is 20.2. The summed E-state index contributed by atoms with van der Waals surface area (Å²) in [5, 5.41) is 90.5. The molecule has 14 heterocycles. The van der Waals surface area contributed by atoms with Crippen LogP contribution in [0.2, 0.25) is 0 Å². The number of aromatic amines is 2. The van der Waals surface area contributed by atoms with Crippen LogP contribution in [-0.4, -0.2) is 232 Å². The van der Waals surface area contributed by atoms with Gasteiger partial charge in [0.05, 0.1) is 61.1 Å². The Hall–Kier alpha value is -15.1. The summed E-state index contributed by atoms with van der Waals surface area (Å²) in [6, 6.07) is 68.5. The standard InChI is InChI=1S/C23H28N2O4S.2C22H23N5O2.C21H21N5O2.C20H19N5O2/c1-3-25(4-2)30(27,28)18-10-8-17(9-11-18)19-16-23(12-14-24-15-13-23)29-21-7-5-6-20(26)22(19)21;1-27-21(24-25-26-27)16-8-6-15(7-9-16)17-14-22(10-12-23-13-11-22)29-19-5-3-4-18(28-2)20(17)19;1-27-25-21(24-26-27)16-8-6-15(7-9-16)17-14-22(10-12-23-13-11-22)29-19-5-3-4-18(28-2)20(17)19;1-27-17-3-2-4-18-19(17)16(13-21(28-18)9-11-22-12-10-21)14-5-7-15(8-6-14)20-23-25-26-24-20;26-16-2-1-3-17-18(16)15(12-20(27-17)8-10-21-11-9-20)13-4-6-14(7-5-13)19-22-24-25-23-19/h5-11,16,24,26H,3-4,12-15H2,1-2H3;2*3-9,14,23H,10-13H2,1-2H3;2-8,13,22H,9-12H2,1H3,(H,23,24,25,26);1-7,12,21,26H,8-11H2,(H,22,23,24,25). The summed E-state index contributed by atoms with van der Waals surface area (Å²) in [7, 11) is 5.19. The van der Waals surface area contributed by atoms with Crippen molar-refractivity contribution in [3.05, 3.63) is 298 Å². The fourth-order valence-corrected chi connectivity index (χ4v) is 22.0. The van der Waals surface area contributed by atoms with Gasteiger partial charge in [0.2, 0.25) is 27.5 Å². The van der Waals surface area contributed by atoms with Crippen molar-refractivity contribution in [1.82, 2.24) is 113 Å². The third-order valence-corrected chi connectivity index (χ3v) is 30.0. The van der Waals surface area contributed by atoms with Gasteiger partial charge in [0.15, 0.2) is 5.82 Å². The molecule has 4 aromatic heterocycles. The van der Waals surface area contributed by atoms with Gasteiger partial charge in [-0.25, -0.2) is 13.1 Å². The molecule has 734 valence electrons. The predicted molar refractivity (Wildman–Crippen MR) is 542 cm³/mol. The van der Waals surface area contributed by atoms with E-state index < -0.39 is 15.6 Å². The molecule has 0 saturated carbocycles. The highest BCUT2D eigenvalue weighted by Crippen LogP contribution is 2.54. The SMILES string of the molecule is CCN(CC)S(=O)(=O)c1ccc(C2=CC3(CCNCC3)Oc3cccc(O)c32)cc1.COc1cccc2c1C(c1ccc(-c3nn[nH]n3)cc1)=CC1(CCNCC1)O2.COc1cccc2c1C(c1ccc(-c3nnn(C)n3)cc1)=CC1(CCNCC1)O2.COc1cccc2c1C(c1ccc(-c3nnnn3C)cc1)=CC1(CCNCC1)O2.Oc1cccc2c1C(c1ccc(-c3nn[nH]n3)cc1)=CC1(CCNCC1)O2. The quantitative estimate of drug-likeness (QED) is 0.0434. The lowest BCUT2D eigenvalue weighted by molar-refractivity contribution is 0.0810. The number of aromatic hydroxyl groups is 2. The van der Waals surface area contributed by atoms with Crippen LogP contribution in [0.4, 0.5) is 0 Å². The Bertz CT molecular complexity index is 7160. The van der Waals surface area contributed by atoms with Gasteiger partial charge >= 0.3 is 0 Å². The number of H-pyrrole nitrogens is 2. The van der Waals surface area contributed by atoms with E-state index in [2.05, 4.69) is 178 Å². The third kappa shape index (κ3) is 19.8. The van der Waals surface area contributed by atoms with Crippen LogP contribution < -0.4 is 64.5 Å². The highest BCUT2D eigenvalue weighted by molar-refractivity contribution is 7.89. The Balaban J connectivity index is 0.000000109. The molecule has 35 heteroatoms. The van der Waals surface area contributed by atoms with E-state index in [1.54, 1.807) is 63.4 Å². The lowest BCUT2D eigenvalue weighted by atomic mass is 9.83. The normalized spacial score (nSPS) is 17.6. The van der Waals surface area contributed by atoms with Gasteiger partial charge in [-0.3, -0.25) is 0 Å². The molecule has 24 rings (SSSR count). The first-order valence-corrected chi connectivity index (χ1v) is 50.0. The Morgan fingerprint density at radius 3 is 0.916 bits per heavy atom. The zero-order chi connectivity index (χ0) is 98.3. The van der Waals surface area contributed by atoms with E-state index in [4.69, 9.17) is 37.9 Å². The number of phenols is 2. The van der Waals surface area contributed by atoms with Gasteiger partial charge in [0, 0.05) is 107 Å². The molecule has 0 unspecified atom stereocenters. The molecule has 0 bridgehead atoms. The maximum absolute atomic E-state index is 12.8. The lowest BCUT2D eigenvalue weighted by Gasteiger charge is -2.40. The highest BCUT2D eigenvalue weighted by Gasteiger charge is 2.45. The number of benzene rings is 10. The molecule has 0 radical (unpaired) electrons. The first kappa shape index (κ1) is 95.4. The number of nitrogens with zero attached hydrogens (tertiary/aromatic N) is 15. The highest BCUT2D eigenvalue weighted by atomic mass is 32.2. The van der Waals surface area contributed by atoms with Crippen LogP contribution >= 0.6 is 0 Å². The lowest BCUT2D eigenvalue weighted by Crippen LogP contribution is -2.46. The summed E-state index contributed by atoms with van der Waals surface area (Å²) in [5.74, 6) is 9.36. The number of phenolic OH excluding ortho intramolecular Hbond substituents is 2. The average molecular weight is 1940 g/mol. The molecule has 0 atom stereocenters. The first-order chi connectivity index (χ1) is 69.8. The van der Waals surface area contributed by atoms with Crippen LogP contribution in [-0.2, 0) is 24.1 Å². The molecule has 10 aliphatic heterocycles. The zero-order valence-corrected chi connectivity index (χ0v) is 81.6. The summed E-state index contributed by atoms with van der Waals surface area (Å²) in [5.41, 5.74) is 17.0. The first-order valence-electron chi connectivity index (χ1n) is 48.6. The van der Waals surface area contributed by atoms with Gasteiger partial charge in [0.25, 0.3) is 0 Å². The van der Waals surface area contributed by atoms with Crippen molar-refractivity contribution in [2.75, 3.05) is 99.9 Å². The number of piperidine rings is 5. The number of methoxy groups -OCH3 is 3. The summed E-state index contributed by atoms with van der Waals surface area (Å²) < 4.78 is 78.0. The predicted octanol–water partition coefficient (Wildman–Crippen LogP) is 14.4. The summed E-state index contributed by atoms with van der Waals surface area (Å²) in [6.45, 7) is 13.7. The Labute approximate surface area is 828 Å². The summed E-state index contributed by atoms with van der Waals surface area (Å²) >= 11 is 0. The van der Waals surface area contributed by atoms with Crippen LogP contribution in [0, 0.1) is 0 Å². The fourth-order valence-electron chi connectivity index (χ4n) is 20.5. The van der Waals surface area contributed by atoms with E-state index in [1.807, 2.05) is 154 Å². The largest absolute Gasteiger partial charge is 0.507 e. The molecule has 0 aliphatic carbocycles. The van der Waals surface area contributed by atoms with E-state index in [0.717, 1.165) is 276 Å². The molecule has 0 amide bonds. The minimum Gasteiger partial charge on any atom is -0.507 e. The zero-order valence-electron chi connectivity index (χ0n) is 80.7. The second-order valence-electron chi connectivity index (χ2n) is 36.8. The van der Waals surface area contributed by atoms with Crippen LogP contribution in [0.5, 0.6) is 57.5 Å². The van der Waals surface area contributed by atoms with Crippen molar-refractivity contribution >= 4 is 37.9 Å². The van der Waals surface area contributed by atoms with Crippen LogP contribution in [0.1, 0.15) is 134 Å². The number of ether oxygens (including phenoxy) is 8. The molecule has 34 nitrogen and oxygen atoms in total. The van der Waals surface area contributed by atoms with Crippen LogP contribution in [0.3, 0.4) is 0 Å². The van der Waals surface area contributed by atoms with E-state index >= 15 is 0 Å². The Morgan fingerprint density at radius 1 is 0.350 bits per heavy atom.